The van der Waals surface area contributed by atoms with Crippen molar-refractivity contribution in [1.82, 2.24) is 0 Å². The highest BCUT2D eigenvalue weighted by molar-refractivity contribution is 6.51. The molecule has 1 fully saturated rings. The third-order valence-electron chi connectivity index (χ3n) is 6.52. The minimum absolute atomic E-state index is 0.0133. The lowest BCUT2D eigenvalue weighted by molar-refractivity contribution is -0.132. The Morgan fingerprint density at radius 1 is 1.06 bits per heavy atom. The molecule has 0 aliphatic carbocycles. The van der Waals surface area contributed by atoms with E-state index >= 15 is 0 Å². The first-order valence-corrected chi connectivity index (χ1v) is 11.4. The average molecular weight is 471 g/mol. The molecular formula is C28H26N2O5. The molecule has 1 saturated heterocycles. The van der Waals surface area contributed by atoms with E-state index in [1.54, 1.807) is 42.5 Å². The van der Waals surface area contributed by atoms with Gasteiger partial charge in [0.15, 0.2) is 0 Å². The van der Waals surface area contributed by atoms with E-state index in [0.717, 1.165) is 11.3 Å². The van der Waals surface area contributed by atoms with Crippen LogP contribution in [0.2, 0.25) is 0 Å². The number of aliphatic hydroxyl groups excluding tert-OH is 1. The first kappa shape index (κ1) is 22.5. The molecule has 7 heteroatoms. The number of amides is 1. The van der Waals surface area contributed by atoms with Crippen LogP contribution >= 0.6 is 0 Å². The first-order valence-electron chi connectivity index (χ1n) is 11.4. The number of nitrogens with zero attached hydrogens (tertiary/aromatic N) is 2. The van der Waals surface area contributed by atoms with Gasteiger partial charge in [-0.2, -0.15) is 0 Å². The summed E-state index contributed by atoms with van der Waals surface area (Å²) in [6.07, 6.45) is 0. The smallest absolute Gasteiger partial charge is 0.300 e. The maximum Gasteiger partial charge on any atom is 0.300 e. The van der Waals surface area contributed by atoms with Crippen LogP contribution in [-0.2, 0) is 9.59 Å². The van der Waals surface area contributed by atoms with E-state index in [9.17, 15) is 14.7 Å². The number of fused-ring (bicyclic) bond motifs is 1. The Labute approximate surface area is 203 Å². The maximum atomic E-state index is 13.4. The van der Waals surface area contributed by atoms with Gasteiger partial charge in [0.2, 0.25) is 0 Å². The number of carbonyl (C=O) groups is 2. The van der Waals surface area contributed by atoms with Crippen LogP contribution in [0, 0.1) is 6.92 Å². The molecule has 1 atom stereocenters. The average Bonchev–Trinajstić information content (AvgIpc) is 3.14. The topological polar surface area (TPSA) is 79.3 Å². The number of rotatable bonds is 4. The van der Waals surface area contributed by atoms with Crippen molar-refractivity contribution in [3.63, 3.8) is 0 Å². The lowest BCUT2D eigenvalue weighted by atomic mass is 9.94. The van der Waals surface area contributed by atoms with Gasteiger partial charge in [0.05, 0.1) is 31.0 Å². The van der Waals surface area contributed by atoms with Crippen molar-refractivity contribution in [3.05, 3.63) is 89.0 Å². The molecule has 0 saturated carbocycles. The Kier molecular flexibility index (Phi) is 5.68. The largest absolute Gasteiger partial charge is 0.507 e. The molecule has 0 aromatic heterocycles. The first-order chi connectivity index (χ1) is 16.9. The number of likely N-dealkylation sites (N-methyl/N-ethyl adjacent to an activating group) is 1. The molecule has 0 bridgehead atoms. The van der Waals surface area contributed by atoms with Crippen molar-refractivity contribution in [3.8, 4) is 11.5 Å². The van der Waals surface area contributed by atoms with E-state index in [0.29, 0.717) is 41.5 Å². The van der Waals surface area contributed by atoms with E-state index in [4.69, 9.17) is 9.47 Å². The van der Waals surface area contributed by atoms with Crippen molar-refractivity contribution in [2.75, 3.05) is 37.1 Å². The van der Waals surface area contributed by atoms with Gasteiger partial charge in [-0.1, -0.05) is 35.9 Å². The zero-order valence-electron chi connectivity index (χ0n) is 19.8. The molecule has 1 amide bonds. The van der Waals surface area contributed by atoms with Crippen molar-refractivity contribution in [2.45, 2.75) is 13.0 Å². The fourth-order valence-electron chi connectivity index (χ4n) is 4.64. The predicted molar refractivity (Wildman–Crippen MR) is 134 cm³/mol. The molecule has 1 unspecified atom stereocenters. The summed E-state index contributed by atoms with van der Waals surface area (Å²) < 4.78 is 11.3. The lowest BCUT2D eigenvalue weighted by Gasteiger charge is -2.28. The Morgan fingerprint density at radius 3 is 2.54 bits per heavy atom. The van der Waals surface area contributed by atoms with Crippen molar-refractivity contribution < 1.29 is 24.2 Å². The summed E-state index contributed by atoms with van der Waals surface area (Å²) in [5.74, 6) is -0.473. The van der Waals surface area contributed by atoms with Crippen LogP contribution < -0.4 is 19.3 Å². The molecule has 0 radical (unpaired) electrons. The molecule has 1 N–H and O–H groups in total. The summed E-state index contributed by atoms with van der Waals surface area (Å²) in [6, 6.07) is 19.0. The van der Waals surface area contributed by atoms with Crippen LogP contribution in [0.1, 0.15) is 22.7 Å². The van der Waals surface area contributed by atoms with Crippen LogP contribution in [0.4, 0.5) is 11.4 Å². The van der Waals surface area contributed by atoms with E-state index in [2.05, 4.69) is 0 Å². The van der Waals surface area contributed by atoms with Gasteiger partial charge in [0.1, 0.15) is 23.9 Å². The Bertz CT molecular complexity index is 1350. The maximum absolute atomic E-state index is 13.4. The number of hydrogen-bond acceptors (Lipinski definition) is 6. The number of ether oxygens (including phenoxy) is 2. The van der Waals surface area contributed by atoms with Crippen molar-refractivity contribution >= 4 is 28.8 Å². The van der Waals surface area contributed by atoms with E-state index < -0.39 is 17.7 Å². The van der Waals surface area contributed by atoms with E-state index in [1.807, 2.05) is 43.1 Å². The third-order valence-corrected chi connectivity index (χ3v) is 6.52. The van der Waals surface area contributed by atoms with Gasteiger partial charge in [0.25, 0.3) is 11.7 Å². The van der Waals surface area contributed by atoms with Crippen LogP contribution in [0.15, 0.2) is 72.3 Å². The molecule has 2 aliphatic heterocycles. The number of ketones is 1. The Balaban J connectivity index is 1.72. The third kappa shape index (κ3) is 3.79. The fourth-order valence-corrected chi connectivity index (χ4v) is 4.64. The van der Waals surface area contributed by atoms with Gasteiger partial charge in [0, 0.05) is 23.9 Å². The minimum atomic E-state index is -0.862. The highest BCUT2D eigenvalue weighted by Crippen LogP contribution is 2.45. The predicted octanol–water partition coefficient (Wildman–Crippen LogP) is 4.46. The number of anilines is 2. The Morgan fingerprint density at radius 2 is 1.80 bits per heavy atom. The minimum Gasteiger partial charge on any atom is -0.507 e. The molecule has 2 aliphatic rings. The highest BCUT2D eigenvalue weighted by Gasteiger charge is 2.48. The number of benzene rings is 3. The monoisotopic (exact) mass is 470 g/mol. The van der Waals surface area contributed by atoms with Gasteiger partial charge in [-0.3, -0.25) is 14.5 Å². The molecule has 35 heavy (non-hydrogen) atoms. The number of para-hydroxylation sites is 1. The zero-order chi connectivity index (χ0) is 24.7. The van der Waals surface area contributed by atoms with Gasteiger partial charge in [-0.15, -0.1) is 0 Å². The fraction of sp³-hybridized carbons (Fsp3) is 0.214. The van der Waals surface area contributed by atoms with Gasteiger partial charge in [-0.05, 0) is 43.3 Å². The zero-order valence-corrected chi connectivity index (χ0v) is 19.8. The quantitative estimate of drug-likeness (QED) is 0.345. The van der Waals surface area contributed by atoms with Crippen LogP contribution in [0.3, 0.4) is 0 Å². The van der Waals surface area contributed by atoms with Gasteiger partial charge < -0.3 is 19.5 Å². The normalized spacial score (nSPS) is 18.9. The molecule has 0 spiro atoms. The number of carbonyl (C=O) groups excluding carboxylic acids is 2. The number of methoxy groups -OCH3 is 1. The molecule has 5 rings (SSSR count). The van der Waals surface area contributed by atoms with Crippen LogP contribution in [0.5, 0.6) is 11.5 Å². The van der Waals surface area contributed by atoms with Crippen molar-refractivity contribution in [1.29, 1.82) is 0 Å². The summed E-state index contributed by atoms with van der Waals surface area (Å²) in [4.78, 5) is 30.2. The standard InChI is InChI=1S/C28H26N2O5/c1-17-8-11-19(12-9-17)30-25(20-6-4-5-7-22(20)34-3)24(27(32)28(30)33)26(31)18-10-13-23-21(16-18)29(2)14-15-35-23/h4-13,16,25,31H,14-15H2,1-3H3/b26-24+. The molecule has 7 nitrogen and oxygen atoms in total. The van der Waals surface area contributed by atoms with Crippen LogP contribution in [-0.4, -0.2) is 44.1 Å². The number of aliphatic hydroxyl groups is 1. The number of hydrogen-bond donors (Lipinski definition) is 1. The molecule has 3 aromatic rings. The number of aryl methyl sites for hydroxylation is 1. The summed E-state index contributed by atoms with van der Waals surface area (Å²) in [6.45, 7) is 3.23. The molecule has 178 valence electrons. The molecule has 2 heterocycles. The lowest BCUT2D eigenvalue weighted by Crippen LogP contribution is -2.29. The molecular weight excluding hydrogens is 444 g/mol. The van der Waals surface area contributed by atoms with Crippen molar-refractivity contribution in [2.24, 2.45) is 0 Å². The summed E-state index contributed by atoms with van der Waals surface area (Å²) >= 11 is 0. The van der Waals surface area contributed by atoms with E-state index in [-0.39, 0.29) is 11.3 Å². The molecule has 3 aromatic carbocycles. The van der Waals surface area contributed by atoms with Gasteiger partial charge in [-0.25, -0.2) is 0 Å². The second-order valence-electron chi connectivity index (χ2n) is 8.70. The van der Waals surface area contributed by atoms with Gasteiger partial charge >= 0.3 is 0 Å². The summed E-state index contributed by atoms with van der Waals surface area (Å²) in [7, 11) is 3.48. The van der Waals surface area contributed by atoms with E-state index in [1.165, 1.54) is 12.0 Å². The second kappa shape index (κ2) is 8.83. The summed E-state index contributed by atoms with van der Waals surface area (Å²) in [5, 5.41) is 11.5. The highest BCUT2D eigenvalue weighted by atomic mass is 16.5. The number of Topliss-reactive ketones (excluding diaryl/α,β-unsaturated/α-hetero) is 1. The summed E-state index contributed by atoms with van der Waals surface area (Å²) in [5.41, 5.74) is 3.45. The SMILES string of the molecule is COc1ccccc1C1/C(=C(\O)c2ccc3c(c2)N(C)CCO3)C(=O)C(=O)N1c1ccc(C)cc1. The van der Waals surface area contributed by atoms with Crippen LogP contribution in [0.25, 0.3) is 5.76 Å². The Hall–Kier alpha value is -4.26. The second-order valence-corrected chi connectivity index (χ2v) is 8.70.